The van der Waals surface area contributed by atoms with Gasteiger partial charge in [-0.25, -0.2) is 13.2 Å². The Morgan fingerprint density at radius 3 is 0.926 bits per heavy atom. The minimum absolute atomic E-state index is 1.33. The van der Waals surface area contributed by atoms with Crippen molar-refractivity contribution in [1.82, 2.24) is 0 Å². The third kappa shape index (κ3) is 66.9. The topological polar surface area (TPSA) is 163 Å². The average Bonchev–Trinajstić information content (AvgIpc) is 2.54. The smallest absolute Gasteiger partial charge is 0.284 e. The van der Waals surface area contributed by atoms with Crippen molar-refractivity contribution in [2.45, 2.75) is 52.2 Å². The standard InChI is InChI=1S/C8H18B.3CH3FO3S/c1-3-5-7-9-8-6-4-2;3*2-1-6(3,4)5/h3-8H2,1-2H3;3*1H2,(H,3,4,5). The van der Waals surface area contributed by atoms with Crippen LogP contribution in [-0.2, 0) is 30.4 Å². The largest absolute Gasteiger partial charge is 0.294 e. The quantitative estimate of drug-likeness (QED) is 0.263. The summed E-state index contributed by atoms with van der Waals surface area (Å²) in [4.78, 5) is 0. The van der Waals surface area contributed by atoms with E-state index >= 15 is 0 Å². The van der Waals surface area contributed by atoms with Crippen LogP contribution in [0.1, 0.15) is 39.5 Å². The first-order valence-electron chi connectivity index (χ1n) is 7.45. The molecule has 0 bridgehead atoms. The van der Waals surface area contributed by atoms with Crippen LogP contribution in [-0.4, -0.2) is 64.2 Å². The monoisotopic (exact) mass is 467 g/mol. The highest BCUT2D eigenvalue weighted by atomic mass is 32.2. The molecule has 27 heavy (non-hydrogen) atoms. The first-order chi connectivity index (χ1) is 12.1. The van der Waals surface area contributed by atoms with Gasteiger partial charge in [-0.15, -0.1) is 0 Å². The van der Waals surface area contributed by atoms with Crippen molar-refractivity contribution in [2.75, 3.05) is 18.0 Å². The van der Waals surface area contributed by atoms with Gasteiger partial charge < -0.3 is 0 Å². The lowest BCUT2D eigenvalue weighted by Gasteiger charge is -1.94. The number of hydrogen-bond donors (Lipinski definition) is 3. The summed E-state index contributed by atoms with van der Waals surface area (Å²) < 4.78 is 109. The molecule has 0 amide bonds. The van der Waals surface area contributed by atoms with E-state index in [0.29, 0.717) is 0 Å². The zero-order valence-electron chi connectivity index (χ0n) is 15.1. The van der Waals surface area contributed by atoms with Gasteiger partial charge in [0.05, 0.1) is 0 Å². The van der Waals surface area contributed by atoms with Gasteiger partial charge in [0.2, 0.25) is 18.0 Å². The molecule has 16 heteroatoms. The van der Waals surface area contributed by atoms with Gasteiger partial charge in [-0.1, -0.05) is 52.2 Å². The Morgan fingerprint density at radius 1 is 0.630 bits per heavy atom. The molecule has 0 rings (SSSR count). The molecule has 0 fully saturated rings. The molecular formula is C11H27BF3O9S3. The number of rotatable bonds is 9. The molecule has 0 heterocycles. The number of halogens is 3. The summed E-state index contributed by atoms with van der Waals surface area (Å²) in [5, 5.41) is 0. The second kappa shape index (κ2) is 20.3. The normalized spacial score (nSPS) is 11.0. The maximum atomic E-state index is 10.7. The van der Waals surface area contributed by atoms with Crippen molar-refractivity contribution in [1.29, 1.82) is 0 Å². The third-order valence-electron chi connectivity index (χ3n) is 1.94. The fourth-order valence-corrected chi connectivity index (χ4v) is 0.841. The average molecular weight is 467 g/mol. The zero-order valence-corrected chi connectivity index (χ0v) is 17.5. The van der Waals surface area contributed by atoms with Crippen LogP contribution in [0.4, 0.5) is 13.2 Å². The Hall–Kier alpha value is -0.415. The van der Waals surface area contributed by atoms with Crippen molar-refractivity contribution in [3.8, 4) is 0 Å². The van der Waals surface area contributed by atoms with Crippen LogP contribution >= 0.6 is 0 Å². The second-order valence-electron chi connectivity index (χ2n) is 4.65. The first-order valence-corrected chi connectivity index (χ1v) is 12.3. The van der Waals surface area contributed by atoms with Crippen LogP contribution in [0, 0.1) is 0 Å². The van der Waals surface area contributed by atoms with Crippen molar-refractivity contribution in [3.63, 3.8) is 0 Å². The molecule has 167 valence electrons. The molecule has 0 saturated heterocycles. The van der Waals surface area contributed by atoms with E-state index in [1.54, 1.807) is 0 Å². The number of unbranched alkanes of at least 4 members (excludes halogenated alkanes) is 2. The predicted octanol–water partition coefficient (Wildman–Crippen LogP) is 2.53. The Kier molecular flexibility index (Phi) is 25.7. The molecular weight excluding hydrogens is 440 g/mol. The molecule has 0 aromatic rings. The second-order valence-corrected chi connectivity index (χ2v) is 8.79. The molecule has 3 N–H and O–H groups in total. The van der Waals surface area contributed by atoms with Crippen molar-refractivity contribution >= 4 is 37.6 Å². The molecule has 1 radical (unpaired) electrons. The lowest BCUT2D eigenvalue weighted by Crippen LogP contribution is -1.96. The van der Waals surface area contributed by atoms with Gasteiger partial charge >= 0.3 is 0 Å². The van der Waals surface area contributed by atoms with Gasteiger partial charge in [0.25, 0.3) is 30.4 Å². The Labute approximate surface area is 160 Å². The van der Waals surface area contributed by atoms with Crippen LogP contribution in [0.2, 0.25) is 12.6 Å². The van der Waals surface area contributed by atoms with Crippen molar-refractivity contribution in [2.24, 2.45) is 0 Å². The van der Waals surface area contributed by atoms with Crippen LogP contribution in [0.3, 0.4) is 0 Å². The van der Waals surface area contributed by atoms with Gasteiger partial charge in [0.1, 0.15) is 7.28 Å². The fraction of sp³-hybridized carbons (Fsp3) is 1.00. The minimum atomic E-state index is -4.33. The minimum Gasteiger partial charge on any atom is -0.284 e. The van der Waals surface area contributed by atoms with Gasteiger partial charge in [-0.2, -0.15) is 25.3 Å². The molecule has 0 aromatic heterocycles. The van der Waals surface area contributed by atoms with E-state index in [2.05, 4.69) is 21.1 Å². The molecule has 9 nitrogen and oxygen atoms in total. The molecule has 0 aliphatic heterocycles. The highest BCUT2D eigenvalue weighted by Crippen LogP contribution is 1.99. The van der Waals surface area contributed by atoms with Crippen molar-refractivity contribution in [3.05, 3.63) is 0 Å². The lowest BCUT2D eigenvalue weighted by atomic mass is 9.68. The number of alkyl halides is 3. The molecule has 0 saturated carbocycles. The van der Waals surface area contributed by atoms with Gasteiger partial charge in [0, 0.05) is 0 Å². The summed E-state index contributed by atoms with van der Waals surface area (Å²) in [5.74, 6) is 0. The molecule has 0 unspecified atom stereocenters. The first kappa shape index (κ1) is 34.1. The van der Waals surface area contributed by atoms with Gasteiger partial charge in [-0.05, 0) is 0 Å². The molecule has 0 aliphatic carbocycles. The Morgan fingerprint density at radius 2 is 0.815 bits per heavy atom. The lowest BCUT2D eigenvalue weighted by molar-refractivity contribution is 0.446. The third-order valence-corrected chi connectivity index (χ3v) is 2.76. The Balaban J connectivity index is -0.000000133. The van der Waals surface area contributed by atoms with Gasteiger partial charge in [0.15, 0.2) is 0 Å². The van der Waals surface area contributed by atoms with E-state index < -0.39 is 48.4 Å². The van der Waals surface area contributed by atoms with Crippen LogP contribution in [0.5, 0.6) is 0 Å². The maximum Gasteiger partial charge on any atom is 0.294 e. The van der Waals surface area contributed by atoms with Gasteiger partial charge in [-0.3, -0.25) is 13.7 Å². The Bertz CT molecular complexity index is 528. The van der Waals surface area contributed by atoms with E-state index in [1.165, 1.54) is 38.3 Å². The fourth-order valence-electron chi connectivity index (χ4n) is 0.841. The highest BCUT2D eigenvalue weighted by molar-refractivity contribution is 7.86. The molecule has 0 spiro atoms. The van der Waals surface area contributed by atoms with Crippen LogP contribution in [0.15, 0.2) is 0 Å². The van der Waals surface area contributed by atoms with E-state index in [-0.39, 0.29) is 0 Å². The van der Waals surface area contributed by atoms with E-state index in [0.717, 1.165) is 0 Å². The molecule has 0 aliphatic rings. The summed E-state index contributed by atoms with van der Waals surface area (Å²) in [6, 6.07) is -5.10. The summed E-state index contributed by atoms with van der Waals surface area (Å²) >= 11 is 0. The van der Waals surface area contributed by atoms with Crippen LogP contribution in [0.25, 0.3) is 0 Å². The van der Waals surface area contributed by atoms with E-state index in [1.807, 2.05) is 0 Å². The van der Waals surface area contributed by atoms with E-state index in [9.17, 15) is 38.4 Å². The molecule has 0 atom stereocenters. The molecule has 0 aromatic carbocycles. The zero-order chi connectivity index (χ0) is 22.6. The maximum absolute atomic E-state index is 10.7. The number of hydrogen-bond acceptors (Lipinski definition) is 6. The summed E-state index contributed by atoms with van der Waals surface area (Å²) in [6.07, 6.45) is 8.09. The summed E-state index contributed by atoms with van der Waals surface area (Å²) in [6.45, 7) is 4.49. The summed E-state index contributed by atoms with van der Waals surface area (Å²) in [7, 11) is -10.6. The van der Waals surface area contributed by atoms with Crippen LogP contribution < -0.4 is 0 Å². The predicted molar refractivity (Wildman–Crippen MR) is 97.8 cm³/mol. The van der Waals surface area contributed by atoms with E-state index in [4.69, 9.17) is 13.7 Å². The van der Waals surface area contributed by atoms with Crippen molar-refractivity contribution < 1.29 is 52.1 Å². The summed E-state index contributed by atoms with van der Waals surface area (Å²) in [5.41, 5.74) is 0. The highest BCUT2D eigenvalue weighted by Gasteiger charge is 1.98. The SMILES string of the molecule is CCCC[B]CCCC.O=S(=O)(O)CF.O=S(=O)(O)CF.O=S(=O)(O)CF.